The van der Waals surface area contributed by atoms with Crippen molar-refractivity contribution in [2.45, 2.75) is 64.6 Å². The van der Waals surface area contributed by atoms with E-state index >= 15 is 0 Å². The maximum atomic E-state index is 11.7. The number of carbonyl (C=O) groups excluding carboxylic acids is 1. The molecule has 3 heteroatoms. The molecule has 0 radical (unpaired) electrons. The number of hydrogen-bond donors (Lipinski definition) is 0. The Morgan fingerprint density at radius 3 is 1.67 bits per heavy atom. The van der Waals surface area contributed by atoms with Gasteiger partial charge in [0, 0.05) is 12.8 Å². The molecule has 0 aliphatic rings. The van der Waals surface area contributed by atoms with E-state index in [4.69, 9.17) is 9.47 Å². The summed E-state index contributed by atoms with van der Waals surface area (Å²) in [7, 11) is 0. The first-order valence-electron chi connectivity index (χ1n) is 6.76. The summed E-state index contributed by atoms with van der Waals surface area (Å²) in [5.74, 6) is 0. The van der Waals surface area contributed by atoms with Gasteiger partial charge >= 0.3 is 6.16 Å². The Bertz CT molecular complexity index is 224. The van der Waals surface area contributed by atoms with Gasteiger partial charge in [-0.25, -0.2) is 4.79 Å². The van der Waals surface area contributed by atoms with Crippen molar-refractivity contribution in [1.82, 2.24) is 0 Å². The summed E-state index contributed by atoms with van der Waals surface area (Å²) >= 11 is 0. The fourth-order valence-corrected chi connectivity index (χ4v) is 1.77. The minimum absolute atomic E-state index is 0.119. The Labute approximate surface area is 111 Å². The maximum Gasteiger partial charge on any atom is 0.508 e. The average molecular weight is 254 g/mol. The van der Waals surface area contributed by atoms with Gasteiger partial charge in [-0.3, -0.25) is 0 Å². The van der Waals surface area contributed by atoms with Crippen LogP contribution in [0.2, 0.25) is 0 Å². The number of hydrogen-bond acceptors (Lipinski definition) is 3. The van der Waals surface area contributed by atoms with E-state index < -0.39 is 6.16 Å². The van der Waals surface area contributed by atoms with Crippen LogP contribution in [0.4, 0.5) is 4.79 Å². The van der Waals surface area contributed by atoms with Crippen LogP contribution in [0, 0.1) is 0 Å². The third-order valence-electron chi connectivity index (χ3n) is 2.61. The van der Waals surface area contributed by atoms with Gasteiger partial charge in [-0.2, -0.15) is 0 Å². The average Bonchev–Trinajstić information content (AvgIpc) is 2.30. The van der Waals surface area contributed by atoms with E-state index in [2.05, 4.69) is 27.0 Å². The molecule has 2 unspecified atom stereocenters. The lowest BCUT2D eigenvalue weighted by molar-refractivity contribution is -0.00443. The minimum Gasteiger partial charge on any atom is -0.431 e. The molecule has 0 saturated heterocycles. The van der Waals surface area contributed by atoms with Crippen LogP contribution in [0.1, 0.15) is 52.4 Å². The molecular weight excluding hydrogens is 228 g/mol. The molecule has 0 rings (SSSR count). The van der Waals surface area contributed by atoms with Gasteiger partial charge in [0.15, 0.2) is 0 Å². The topological polar surface area (TPSA) is 35.5 Å². The van der Waals surface area contributed by atoms with Crippen LogP contribution in [-0.2, 0) is 9.47 Å². The van der Waals surface area contributed by atoms with Crippen molar-refractivity contribution in [3.05, 3.63) is 25.3 Å². The number of carbonyl (C=O) groups is 1. The molecule has 104 valence electrons. The monoisotopic (exact) mass is 254 g/mol. The lowest BCUT2D eigenvalue weighted by Gasteiger charge is -2.19. The van der Waals surface area contributed by atoms with Crippen molar-refractivity contribution in [2.75, 3.05) is 0 Å². The highest BCUT2D eigenvalue weighted by Crippen LogP contribution is 2.13. The molecule has 3 nitrogen and oxygen atoms in total. The standard InChI is InChI=1S/C15H26O3/c1-5-9-13(10-6-2)17-15(16)18-14(11-7-3)12-8-4/h5,7,13-14H,1,3,6,8-12H2,2,4H3. The highest BCUT2D eigenvalue weighted by atomic mass is 16.7. The highest BCUT2D eigenvalue weighted by Gasteiger charge is 2.17. The third-order valence-corrected chi connectivity index (χ3v) is 2.61. The molecule has 18 heavy (non-hydrogen) atoms. The molecule has 0 N–H and O–H groups in total. The highest BCUT2D eigenvalue weighted by molar-refractivity contribution is 5.60. The fraction of sp³-hybridized carbons (Fsp3) is 0.667. The van der Waals surface area contributed by atoms with Crippen LogP contribution < -0.4 is 0 Å². The number of rotatable bonds is 10. The SMILES string of the molecule is C=CCC(CCC)OC(=O)OC(CC=C)CCC. The lowest BCUT2D eigenvalue weighted by Crippen LogP contribution is -2.23. The van der Waals surface area contributed by atoms with E-state index in [1.807, 2.05) is 0 Å². The van der Waals surface area contributed by atoms with Crippen molar-refractivity contribution in [3.8, 4) is 0 Å². The molecule has 0 aromatic carbocycles. The van der Waals surface area contributed by atoms with E-state index in [1.54, 1.807) is 12.2 Å². The first-order valence-corrected chi connectivity index (χ1v) is 6.76. The predicted octanol–water partition coefficient (Wildman–Crippen LogP) is 4.63. The quantitative estimate of drug-likeness (QED) is 0.421. The Morgan fingerprint density at radius 1 is 1.00 bits per heavy atom. The molecule has 0 aromatic rings. The van der Waals surface area contributed by atoms with Crippen molar-refractivity contribution >= 4 is 6.16 Å². The zero-order valence-electron chi connectivity index (χ0n) is 11.7. The molecule has 0 aliphatic carbocycles. The summed E-state index contributed by atoms with van der Waals surface area (Å²) in [4.78, 5) is 11.7. The third kappa shape index (κ3) is 7.93. The van der Waals surface area contributed by atoms with E-state index in [0.717, 1.165) is 25.7 Å². The molecule has 2 atom stereocenters. The second-order valence-electron chi connectivity index (χ2n) is 4.36. The van der Waals surface area contributed by atoms with Gasteiger partial charge in [0.1, 0.15) is 12.2 Å². The van der Waals surface area contributed by atoms with E-state index in [0.29, 0.717) is 12.8 Å². The second kappa shape index (κ2) is 10.9. The van der Waals surface area contributed by atoms with Gasteiger partial charge in [0.2, 0.25) is 0 Å². The summed E-state index contributed by atoms with van der Waals surface area (Å²) in [6.07, 6.45) is 7.66. The summed E-state index contributed by atoms with van der Waals surface area (Å²) in [5.41, 5.74) is 0. The smallest absolute Gasteiger partial charge is 0.431 e. The Morgan fingerprint density at radius 2 is 1.39 bits per heavy atom. The first-order chi connectivity index (χ1) is 8.67. The van der Waals surface area contributed by atoms with E-state index in [1.165, 1.54) is 0 Å². The summed E-state index contributed by atoms with van der Waals surface area (Å²) in [5, 5.41) is 0. The zero-order valence-corrected chi connectivity index (χ0v) is 11.7. The second-order valence-corrected chi connectivity index (χ2v) is 4.36. The zero-order chi connectivity index (χ0) is 13.8. The van der Waals surface area contributed by atoms with Crippen LogP contribution in [0.15, 0.2) is 25.3 Å². The largest absolute Gasteiger partial charge is 0.508 e. The molecule has 0 fully saturated rings. The Kier molecular flexibility index (Phi) is 10.1. The number of ether oxygens (including phenoxy) is 2. The summed E-state index contributed by atoms with van der Waals surface area (Å²) < 4.78 is 10.6. The molecular formula is C15H26O3. The van der Waals surface area contributed by atoms with Crippen molar-refractivity contribution in [1.29, 1.82) is 0 Å². The van der Waals surface area contributed by atoms with Gasteiger partial charge < -0.3 is 9.47 Å². The molecule has 0 aliphatic heterocycles. The van der Waals surface area contributed by atoms with Crippen molar-refractivity contribution < 1.29 is 14.3 Å². The van der Waals surface area contributed by atoms with Crippen LogP contribution >= 0.6 is 0 Å². The van der Waals surface area contributed by atoms with Crippen LogP contribution in [0.3, 0.4) is 0 Å². The summed E-state index contributed by atoms with van der Waals surface area (Å²) in [6, 6.07) is 0. The summed E-state index contributed by atoms with van der Waals surface area (Å²) in [6.45, 7) is 11.4. The van der Waals surface area contributed by atoms with E-state index in [9.17, 15) is 4.79 Å². The predicted molar refractivity (Wildman–Crippen MR) is 74.6 cm³/mol. The first kappa shape index (κ1) is 16.8. The molecule has 0 saturated carbocycles. The molecule has 0 spiro atoms. The lowest BCUT2D eigenvalue weighted by atomic mass is 10.1. The molecule has 0 amide bonds. The Balaban J connectivity index is 4.17. The van der Waals surface area contributed by atoms with Gasteiger partial charge in [-0.15, -0.1) is 13.2 Å². The maximum absolute atomic E-state index is 11.7. The Hall–Kier alpha value is -1.25. The van der Waals surface area contributed by atoms with Gasteiger partial charge in [0.25, 0.3) is 0 Å². The van der Waals surface area contributed by atoms with Crippen LogP contribution in [0.5, 0.6) is 0 Å². The van der Waals surface area contributed by atoms with Crippen LogP contribution in [0.25, 0.3) is 0 Å². The molecule has 0 bridgehead atoms. The van der Waals surface area contributed by atoms with Gasteiger partial charge in [0.05, 0.1) is 0 Å². The minimum atomic E-state index is -0.574. The fourth-order valence-electron chi connectivity index (χ4n) is 1.77. The van der Waals surface area contributed by atoms with Crippen molar-refractivity contribution in [3.63, 3.8) is 0 Å². The van der Waals surface area contributed by atoms with Gasteiger partial charge in [-0.1, -0.05) is 38.8 Å². The van der Waals surface area contributed by atoms with Crippen molar-refractivity contribution in [2.24, 2.45) is 0 Å². The molecule has 0 heterocycles. The van der Waals surface area contributed by atoms with Gasteiger partial charge in [-0.05, 0) is 12.8 Å². The molecule has 0 aromatic heterocycles. The normalized spacial score (nSPS) is 13.4. The van der Waals surface area contributed by atoms with E-state index in [-0.39, 0.29) is 12.2 Å². The van der Waals surface area contributed by atoms with Crippen LogP contribution in [-0.4, -0.2) is 18.4 Å².